The van der Waals surface area contributed by atoms with Gasteiger partial charge in [0.15, 0.2) is 9.84 Å². The van der Waals surface area contributed by atoms with E-state index < -0.39 is 21.3 Å². The van der Waals surface area contributed by atoms with E-state index in [1.165, 1.54) is 11.2 Å². The first-order valence-electron chi connectivity index (χ1n) is 6.64. The van der Waals surface area contributed by atoms with E-state index in [2.05, 4.69) is 0 Å². The van der Waals surface area contributed by atoms with Gasteiger partial charge in [0, 0.05) is 12.8 Å². The zero-order chi connectivity index (χ0) is 14.6. The molecule has 1 fully saturated rings. The summed E-state index contributed by atoms with van der Waals surface area (Å²) in [6, 6.07) is 9.33. The fraction of sp³-hybridized carbons (Fsp3) is 0.500. The number of nitrogens with zero attached hydrogens (tertiary/aromatic N) is 1. The molecule has 1 aliphatic rings. The Kier molecular flexibility index (Phi) is 4.65. The molecule has 1 aromatic rings. The summed E-state index contributed by atoms with van der Waals surface area (Å²) in [4.78, 5) is 13.4. The summed E-state index contributed by atoms with van der Waals surface area (Å²) in [5, 5.41) is -0.750. The summed E-state index contributed by atoms with van der Waals surface area (Å²) < 4.78 is 28.7. The van der Waals surface area contributed by atoms with Crippen molar-refractivity contribution in [2.24, 2.45) is 0 Å². The Balaban J connectivity index is 2.00. The number of rotatable bonds is 3. The minimum atomic E-state index is -3.28. The fourth-order valence-electron chi connectivity index (χ4n) is 2.36. The molecule has 0 spiro atoms. The van der Waals surface area contributed by atoms with Gasteiger partial charge in [-0.3, -0.25) is 4.90 Å². The predicted molar refractivity (Wildman–Crippen MR) is 75.8 cm³/mol. The van der Waals surface area contributed by atoms with Gasteiger partial charge in [-0.05, 0) is 24.8 Å². The Bertz CT molecular complexity index is 556. The molecule has 0 saturated carbocycles. The Labute approximate surface area is 119 Å². The molecular formula is C14H19NO4S. The monoisotopic (exact) mass is 297 g/mol. The lowest BCUT2D eigenvalue weighted by Crippen LogP contribution is -2.47. The average molecular weight is 297 g/mol. The maximum absolute atomic E-state index is 12.1. The number of likely N-dealkylation sites (tertiary alicyclic amines) is 1. The smallest absolute Gasteiger partial charge is 0.411 e. The quantitative estimate of drug-likeness (QED) is 0.858. The van der Waals surface area contributed by atoms with E-state index in [0.717, 1.165) is 18.4 Å². The van der Waals surface area contributed by atoms with Crippen LogP contribution < -0.4 is 0 Å². The van der Waals surface area contributed by atoms with Crippen molar-refractivity contribution in [3.05, 3.63) is 35.9 Å². The summed E-state index contributed by atoms with van der Waals surface area (Å²) >= 11 is 0. The molecule has 20 heavy (non-hydrogen) atoms. The molecule has 1 heterocycles. The zero-order valence-electron chi connectivity index (χ0n) is 11.5. The van der Waals surface area contributed by atoms with Gasteiger partial charge in [0.25, 0.3) is 0 Å². The van der Waals surface area contributed by atoms with Crippen molar-refractivity contribution in [3.8, 4) is 0 Å². The first-order chi connectivity index (χ1) is 9.48. The van der Waals surface area contributed by atoms with E-state index in [1.807, 2.05) is 30.3 Å². The summed E-state index contributed by atoms with van der Waals surface area (Å²) in [6.45, 7) is 0.595. The van der Waals surface area contributed by atoms with Gasteiger partial charge in [-0.2, -0.15) is 0 Å². The first-order valence-corrected chi connectivity index (χ1v) is 8.60. The zero-order valence-corrected chi connectivity index (χ0v) is 12.3. The fourth-order valence-corrected chi connectivity index (χ4v) is 3.61. The van der Waals surface area contributed by atoms with Crippen molar-refractivity contribution < 1.29 is 17.9 Å². The van der Waals surface area contributed by atoms with Crippen molar-refractivity contribution in [1.82, 2.24) is 4.90 Å². The number of hydrogen-bond acceptors (Lipinski definition) is 4. The molecule has 0 aromatic heterocycles. The molecule has 5 nitrogen and oxygen atoms in total. The van der Waals surface area contributed by atoms with Crippen LogP contribution in [0.3, 0.4) is 0 Å². The van der Waals surface area contributed by atoms with Gasteiger partial charge < -0.3 is 4.74 Å². The number of sulfone groups is 1. The van der Waals surface area contributed by atoms with Crippen molar-refractivity contribution in [2.75, 3.05) is 12.8 Å². The van der Waals surface area contributed by atoms with Gasteiger partial charge in [0.2, 0.25) is 0 Å². The number of hydrogen-bond donors (Lipinski definition) is 0. The van der Waals surface area contributed by atoms with Crippen LogP contribution in [0.25, 0.3) is 0 Å². The van der Waals surface area contributed by atoms with Gasteiger partial charge in [0.05, 0.1) is 0 Å². The normalized spacial score (nSPS) is 19.6. The molecule has 1 aromatic carbocycles. The maximum atomic E-state index is 12.1. The number of amides is 1. The molecule has 1 unspecified atom stereocenters. The highest BCUT2D eigenvalue weighted by molar-refractivity contribution is 7.91. The van der Waals surface area contributed by atoms with Crippen LogP contribution in [0.2, 0.25) is 0 Å². The second-order valence-electron chi connectivity index (χ2n) is 5.01. The first kappa shape index (κ1) is 14.8. The molecular weight excluding hydrogens is 278 g/mol. The molecule has 110 valence electrons. The second-order valence-corrected chi connectivity index (χ2v) is 7.22. The molecule has 0 aliphatic carbocycles. The van der Waals surface area contributed by atoms with Gasteiger partial charge >= 0.3 is 6.09 Å². The minimum Gasteiger partial charge on any atom is -0.445 e. The molecule has 0 bridgehead atoms. The van der Waals surface area contributed by atoms with E-state index >= 15 is 0 Å². The SMILES string of the molecule is CS(=O)(=O)C1CCCCN1C(=O)OCc1ccccc1. The molecule has 1 atom stereocenters. The summed E-state index contributed by atoms with van der Waals surface area (Å²) in [6.07, 6.45) is 2.73. The van der Waals surface area contributed by atoms with Crippen molar-refractivity contribution >= 4 is 15.9 Å². The number of ether oxygens (including phenoxy) is 1. The maximum Gasteiger partial charge on any atom is 0.411 e. The van der Waals surface area contributed by atoms with Crippen LogP contribution in [0.5, 0.6) is 0 Å². The molecule has 6 heteroatoms. The van der Waals surface area contributed by atoms with E-state index in [9.17, 15) is 13.2 Å². The summed E-state index contributed by atoms with van der Waals surface area (Å²) in [7, 11) is -3.28. The predicted octanol–water partition coefficient (Wildman–Crippen LogP) is 2.18. The van der Waals surface area contributed by atoms with Crippen LogP contribution in [0, 0.1) is 0 Å². The lowest BCUT2D eigenvalue weighted by atomic mass is 10.1. The third-order valence-corrected chi connectivity index (χ3v) is 4.86. The molecule has 0 radical (unpaired) electrons. The van der Waals surface area contributed by atoms with Crippen LogP contribution in [-0.4, -0.2) is 37.6 Å². The molecule has 0 N–H and O–H groups in total. The molecule has 2 rings (SSSR count). The number of carbonyl (C=O) groups excluding carboxylic acids is 1. The molecule has 1 saturated heterocycles. The van der Waals surface area contributed by atoms with Crippen molar-refractivity contribution in [3.63, 3.8) is 0 Å². The van der Waals surface area contributed by atoms with E-state index in [-0.39, 0.29) is 6.61 Å². The number of piperidine rings is 1. The second kappa shape index (κ2) is 6.26. The van der Waals surface area contributed by atoms with Crippen LogP contribution in [-0.2, 0) is 21.2 Å². The van der Waals surface area contributed by atoms with Crippen molar-refractivity contribution in [1.29, 1.82) is 0 Å². The topological polar surface area (TPSA) is 63.7 Å². The van der Waals surface area contributed by atoms with E-state index in [4.69, 9.17) is 4.74 Å². The van der Waals surface area contributed by atoms with E-state index in [0.29, 0.717) is 13.0 Å². The Morgan fingerprint density at radius 2 is 2.00 bits per heavy atom. The third kappa shape index (κ3) is 3.72. The summed E-state index contributed by atoms with van der Waals surface area (Å²) in [5.74, 6) is 0. The van der Waals surface area contributed by atoms with Gasteiger partial charge in [-0.1, -0.05) is 30.3 Å². The van der Waals surface area contributed by atoms with Gasteiger partial charge in [-0.15, -0.1) is 0 Å². The average Bonchev–Trinajstić information content (AvgIpc) is 2.45. The van der Waals surface area contributed by atoms with Crippen molar-refractivity contribution in [2.45, 2.75) is 31.2 Å². The Morgan fingerprint density at radius 1 is 1.30 bits per heavy atom. The molecule has 1 aliphatic heterocycles. The number of benzene rings is 1. The highest BCUT2D eigenvalue weighted by atomic mass is 32.2. The van der Waals surface area contributed by atoms with Crippen LogP contribution in [0.15, 0.2) is 30.3 Å². The van der Waals surface area contributed by atoms with Crippen LogP contribution in [0.1, 0.15) is 24.8 Å². The minimum absolute atomic E-state index is 0.159. The highest BCUT2D eigenvalue weighted by Gasteiger charge is 2.34. The van der Waals surface area contributed by atoms with Crippen LogP contribution in [0.4, 0.5) is 4.79 Å². The Hall–Kier alpha value is -1.56. The standard InChI is InChI=1S/C14H19NO4S/c1-20(17,18)13-9-5-6-10-15(13)14(16)19-11-12-7-3-2-4-8-12/h2-4,7-8,13H,5-6,9-11H2,1H3. The van der Waals surface area contributed by atoms with Crippen LogP contribution >= 0.6 is 0 Å². The third-order valence-electron chi connectivity index (χ3n) is 3.38. The highest BCUT2D eigenvalue weighted by Crippen LogP contribution is 2.22. The largest absolute Gasteiger partial charge is 0.445 e. The lowest BCUT2D eigenvalue weighted by molar-refractivity contribution is 0.0826. The summed E-state index contributed by atoms with van der Waals surface area (Å²) in [5.41, 5.74) is 0.883. The lowest BCUT2D eigenvalue weighted by Gasteiger charge is -2.33. The van der Waals surface area contributed by atoms with Gasteiger partial charge in [-0.25, -0.2) is 13.2 Å². The van der Waals surface area contributed by atoms with E-state index in [1.54, 1.807) is 0 Å². The molecule has 1 amide bonds. The number of carbonyl (C=O) groups is 1. The Morgan fingerprint density at radius 3 is 2.65 bits per heavy atom. The van der Waals surface area contributed by atoms with Gasteiger partial charge in [0.1, 0.15) is 12.0 Å².